The summed E-state index contributed by atoms with van der Waals surface area (Å²) in [5.41, 5.74) is 0. The summed E-state index contributed by atoms with van der Waals surface area (Å²) >= 11 is 0. The van der Waals surface area contributed by atoms with Crippen LogP contribution in [0.15, 0.2) is 11.3 Å². The Balaban J connectivity index is 4.34. The third kappa shape index (κ3) is 4.96. The maximum atomic E-state index is 2.69. The minimum absolute atomic E-state index is 0.172. The highest BCUT2D eigenvalue weighted by Gasteiger charge is 2.14. The second-order valence-corrected chi connectivity index (χ2v) is 6.44. The number of hydrogen-bond donors (Lipinski definition) is 0. The largest absolute Gasteiger partial charge is 0.321 e. The van der Waals surface area contributed by atoms with Gasteiger partial charge in [-0.25, -0.2) is 0 Å². The van der Waals surface area contributed by atoms with Crippen molar-refractivity contribution in [2.24, 2.45) is 0 Å². The van der Waals surface area contributed by atoms with Gasteiger partial charge in [0, 0.05) is 0 Å². The fourth-order valence-electron chi connectivity index (χ4n) is 1.81. The van der Waals surface area contributed by atoms with Crippen molar-refractivity contribution in [1.82, 2.24) is 4.57 Å². The van der Waals surface area contributed by atoms with Crippen LogP contribution in [0.5, 0.6) is 0 Å². The van der Waals surface area contributed by atoms with E-state index in [0.29, 0.717) is 12.1 Å². The van der Waals surface area contributed by atoms with E-state index in [1.807, 2.05) is 0 Å². The third-order valence-corrected chi connectivity index (χ3v) is 5.68. The van der Waals surface area contributed by atoms with E-state index in [4.69, 9.17) is 0 Å². The van der Waals surface area contributed by atoms with E-state index in [1.54, 1.807) is 5.20 Å². The molecule has 0 heterocycles. The van der Waals surface area contributed by atoms with Crippen LogP contribution in [0.4, 0.5) is 0 Å². The Morgan fingerprint density at radius 1 is 1.14 bits per heavy atom. The molecule has 0 aliphatic carbocycles. The zero-order valence-electron chi connectivity index (χ0n) is 10.8. The fourth-order valence-corrected chi connectivity index (χ4v) is 3.65. The molecule has 2 heteroatoms. The van der Waals surface area contributed by atoms with Crippen LogP contribution in [0.2, 0.25) is 0 Å². The average Bonchev–Trinajstić information content (AvgIpc) is 2.10. The van der Waals surface area contributed by atoms with Gasteiger partial charge in [-0.15, -0.1) is 0 Å². The van der Waals surface area contributed by atoms with Crippen molar-refractivity contribution >= 4 is 9.68 Å². The lowest BCUT2D eigenvalue weighted by Gasteiger charge is -2.31. The normalized spacial score (nSPS) is 14.2. The topological polar surface area (TPSA) is 3.24 Å². The van der Waals surface area contributed by atoms with Crippen LogP contribution in [0, 0.1) is 0 Å². The summed E-state index contributed by atoms with van der Waals surface area (Å²) in [5, 5.41) is 1.72. The van der Waals surface area contributed by atoms with Gasteiger partial charge in [-0.05, 0) is 24.9 Å². The molecule has 84 valence electrons. The molecule has 0 aliphatic heterocycles. The van der Waals surface area contributed by atoms with Gasteiger partial charge in [0.1, 0.15) is 9.68 Å². The Bertz CT molecular complexity index is 165. The van der Waals surface area contributed by atoms with Crippen LogP contribution >= 0.6 is 0 Å². The first-order valence-corrected chi connectivity index (χ1v) is 7.30. The lowest BCUT2D eigenvalue weighted by Crippen LogP contribution is -2.40. The second-order valence-electron chi connectivity index (χ2n) is 4.48. The molecular formula is C12H27NSi. The molecule has 0 radical (unpaired) electrons. The molecule has 0 saturated heterocycles. The van der Waals surface area contributed by atoms with Gasteiger partial charge in [0.25, 0.3) is 0 Å². The van der Waals surface area contributed by atoms with Crippen molar-refractivity contribution in [3.63, 3.8) is 0 Å². The molecule has 0 aromatic rings. The summed E-state index contributed by atoms with van der Waals surface area (Å²) in [6.07, 6.45) is 4.88. The highest BCUT2D eigenvalue weighted by Crippen LogP contribution is 2.09. The zero-order valence-corrected chi connectivity index (χ0v) is 12.2. The Kier molecular flexibility index (Phi) is 7.20. The van der Waals surface area contributed by atoms with Crippen molar-refractivity contribution in [2.45, 2.75) is 66.5 Å². The molecule has 0 rings (SSSR count). The van der Waals surface area contributed by atoms with Crippen molar-refractivity contribution in [1.29, 1.82) is 0 Å². The predicted molar refractivity (Wildman–Crippen MR) is 69.3 cm³/mol. The van der Waals surface area contributed by atoms with Crippen LogP contribution in [-0.4, -0.2) is 26.3 Å². The molecule has 0 amide bonds. The number of rotatable bonds is 6. The molecule has 0 aliphatic rings. The Morgan fingerprint density at radius 3 is 1.93 bits per heavy atom. The van der Waals surface area contributed by atoms with Gasteiger partial charge in [0.05, 0.1) is 0 Å². The molecule has 14 heavy (non-hydrogen) atoms. The van der Waals surface area contributed by atoms with Crippen LogP contribution in [0.1, 0.15) is 54.4 Å². The zero-order chi connectivity index (χ0) is 11.1. The monoisotopic (exact) mass is 213 g/mol. The molecule has 0 bridgehead atoms. The molecule has 0 aromatic heterocycles. The molecule has 0 unspecified atom stereocenters. The van der Waals surface area contributed by atoms with Gasteiger partial charge >= 0.3 is 0 Å². The molecule has 0 fully saturated rings. The maximum absolute atomic E-state index is 2.69. The third-order valence-electron chi connectivity index (χ3n) is 2.66. The molecule has 0 atom stereocenters. The fraction of sp³-hybridized carbons (Fsp3) is 0.833. The molecule has 0 N–H and O–H groups in total. The first-order chi connectivity index (χ1) is 6.52. The number of nitrogens with zero attached hydrogens (tertiary/aromatic N) is 1. The lowest BCUT2D eigenvalue weighted by molar-refractivity contribution is 0.313. The molecule has 0 aromatic carbocycles. The number of hydrogen-bond acceptors (Lipinski definition) is 1. The van der Waals surface area contributed by atoms with Crippen LogP contribution < -0.4 is 0 Å². The first kappa shape index (κ1) is 13.9. The Hall–Kier alpha value is -0.0831. The van der Waals surface area contributed by atoms with Crippen molar-refractivity contribution in [2.75, 3.05) is 0 Å². The summed E-state index contributed by atoms with van der Waals surface area (Å²) in [5.74, 6) is 0. The molecule has 0 spiro atoms. The van der Waals surface area contributed by atoms with E-state index in [-0.39, 0.29) is 9.68 Å². The van der Waals surface area contributed by atoms with E-state index in [9.17, 15) is 0 Å². The highest BCUT2D eigenvalue weighted by molar-refractivity contribution is 6.42. The maximum Gasteiger partial charge on any atom is 0.123 e. The van der Waals surface area contributed by atoms with E-state index in [2.05, 4.69) is 52.2 Å². The SMILES string of the molecule is CCC=C(CC)[SiH2]N(C(C)C)C(C)C. The first-order valence-electron chi connectivity index (χ1n) is 5.96. The minimum Gasteiger partial charge on any atom is -0.321 e. The quantitative estimate of drug-likeness (QED) is 0.613. The van der Waals surface area contributed by atoms with Gasteiger partial charge in [0.2, 0.25) is 0 Å². The van der Waals surface area contributed by atoms with Crippen molar-refractivity contribution in [3.05, 3.63) is 11.3 Å². The van der Waals surface area contributed by atoms with Gasteiger partial charge in [0.15, 0.2) is 0 Å². The van der Waals surface area contributed by atoms with E-state index >= 15 is 0 Å². The molecule has 1 nitrogen and oxygen atoms in total. The predicted octanol–water partition coefficient (Wildman–Crippen LogP) is 2.89. The summed E-state index contributed by atoms with van der Waals surface area (Å²) in [7, 11) is -0.172. The summed E-state index contributed by atoms with van der Waals surface area (Å²) < 4.78 is 2.69. The van der Waals surface area contributed by atoms with Crippen molar-refractivity contribution in [3.8, 4) is 0 Å². The van der Waals surface area contributed by atoms with Crippen molar-refractivity contribution < 1.29 is 0 Å². The van der Waals surface area contributed by atoms with Crippen LogP contribution in [-0.2, 0) is 0 Å². The van der Waals surface area contributed by atoms with Gasteiger partial charge in [-0.3, -0.25) is 0 Å². The number of allylic oxidation sites excluding steroid dienone is 2. The average molecular weight is 213 g/mol. The van der Waals surface area contributed by atoms with E-state index < -0.39 is 0 Å². The van der Waals surface area contributed by atoms with E-state index in [0.717, 1.165) is 0 Å². The van der Waals surface area contributed by atoms with Crippen LogP contribution in [0.25, 0.3) is 0 Å². The minimum atomic E-state index is -0.172. The second kappa shape index (κ2) is 7.24. The van der Waals surface area contributed by atoms with Crippen LogP contribution in [0.3, 0.4) is 0 Å². The summed E-state index contributed by atoms with van der Waals surface area (Å²) in [6, 6.07) is 1.40. The summed E-state index contributed by atoms with van der Waals surface area (Å²) in [6.45, 7) is 13.8. The van der Waals surface area contributed by atoms with Gasteiger partial charge in [-0.2, -0.15) is 0 Å². The smallest absolute Gasteiger partial charge is 0.123 e. The standard InChI is InChI=1S/C12H27NSi/c1-7-9-12(8-2)14-13(10(3)4)11(5)6/h9-11H,7-8,14H2,1-6H3. The Labute approximate surface area is 92.5 Å². The van der Waals surface area contributed by atoms with Gasteiger partial charge < -0.3 is 4.57 Å². The van der Waals surface area contributed by atoms with Gasteiger partial charge in [-0.1, -0.05) is 52.8 Å². The molecule has 0 saturated carbocycles. The van der Waals surface area contributed by atoms with E-state index in [1.165, 1.54) is 12.8 Å². The lowest BCUT2D eigenvalue weighted by atomic mass is 10.3. The molecular weight excluding hydrogens is 186 g/mol. The summed E-state index contributed by atoms with van der Waals surface area (Å²) in [4.78, 5) is 0. The highest BCUT2D eigenvalue weighted by atomic mass is 28.2. The Morgan fingerprint density at radius 2 is 1.64 bits per heavy atom.